The van der Waals surface area contributed by atoms with Gasteiger partial charge in [-0.2, -0.15) is 0 Å². The van der Waals surface area contributed by atoms with Crippen LogP contribution in [0.15, 0.2) is 34.8 Å². The molecule has 2 aromatic rings. The normalized spacial score (nSPS) is 11.7. The lowest BCUT2D eigenvalue weighted by Crippen LogP contribution is -2.19. The number of primary amides is 1. The monoisotopic (exact) mass is 412 g/mol. The lowest BCUT2D eigenvalue weighted by atomic mass is 10.1. The van der Waals surface area contributed by atoms with Crippen molar-refractivity contribution in [3.63, 3.8) is 0 Å². The molecule has 0 aliphatic carbocycles. The van der Waals surface area contributed by atoms with Crippen LogP contribution in [0.3, 0.4) is 0 Å². The maximum atomic E-state index is 14.0. The van der Waals surface area contributed by atoms with Crippen molar-refractivity contribution in [2.45, 2.75) is 6.10 Å². The Morgan fingerprint density at radius 2 is 2.04 bits per heavy atom. The Hall–Kier alpha value is -2.32. The molecule has 1 atom stereocenters. The topological polar surface area (TPSA) is 93.8 Å². The molecule has 6 nitrogen and oxygen atoms in total. The van der Waals surface area contributed by atoms with Gasteiger partial charge in [0.15, 0.2) is 0 Å². The van der Waals surface area contributed by atoms with E-state index < -0.39 is 17.8 Å². The van der Waals surface area contributed by atoms with E-state index in [9.17, 15) is 14.3 Å². The first kappa shape index (κ1) is 19.0. The maximum absolute atomic E-state index is 14.0. The third-order valence-electron chi connectivity index (χ3n) is 3.58. The molecule has 2 rings (SSSR count). The minimum absolute atomic E-state index is 0.000297. The lowest BCUT2D eigenvalue weighted by Gasteiger charge is -2.18. The predicted octanol–water partition coefficient (Wildman–Crippen LogP) is 2.85. The SMILES string of the molecule is COc1ccc(OC)c(C(O)CNc2cc(Br)cc(F)c2C(N)=O)c1. The van der Waals surface area contributed by atoms with Gasteiger partial charge in [-0.05, 0) is 30.3 Å². The zero-order valence-corrected chi connectivity index (χ0v) is 15.3. The van der Waals surface area contributed by atoms with E-state index in [4.69, 9.17) is 15.2 Å². The second-order valence-electron chi connectivity index (χ2n) is 5.18. The molecule has 0 spiro atoms. The van der Waals surface area contributed by atoms with Gasteiger partial charge in [0, 0.05) is 16.6 Å². The zero-order chi connectivity index (χ0) is 18.6. The van der Waals surface area contributed by atoms with Gasteiger partial charge in [-0.25, -0.2) is 4.39 Å². The summed E-state index contributed by atoms with van der Waals surface area (Å²) in [5.74, 6) is -0.620. The molecule has 8 heteroatoms. The number of hydrogen-bond acceptors (Lipinski definition) is 5. The summed E-state index contributed by atoms with van der Waals surface area (Å²) in [6.45, 7) is -0.000297. The number of anilines is 1. The highest BCUT2D eigenvalue weighted by atomic mass is 79.9. The van der Waals surface area contributed by atoms with E-state index in [2.05, 4.69) is 21.2 Å². The minimum atomic E-state index is -0.993. The Bertz CT molecular complexity index is 785. The summed E-state index contributed by atoms with van der Waals surface area (Å²) >= 11 is 3.16. The highest BCUT2D eigenvalue weighted by Crippen LogP contribution is 2.30. The summed E-state index contributed by atoms with van der Waals surface area (Å²) in [4.78, 5) is 11.5. The average molecular weight is 413 g/mol. The number of nitrogens with one attached hydrogen (secondary N) is 1. The van der Waals surface area contributed by atoms with Crippen LogP contribution in [0.1, 0.15) is 22.0 Å². The molecule has 0 heterocycles. The van der Waals surface area contributed by atoms with Gasteiger partial charge in [0.25, 0.3) is 5.91 Å². The van der Waals surface area contributed by atoms with E-state index in [1.165, 1.54) is 20.3 Å². The van der Waals surface area contributed by atoms with Gasteiger partial charge in [-0.15, -0.1) is 0 Å². The van der Waals surface area contributed by atoms with Gasteiger partial charge < -0.3 is 25.6 Å². The lowest BCUT2D eigenvalue weighted by molar-refractivity contribution is 0.0997. The fourth-order valence-corrected chi connectivity index (χ4v) is 2.81. The van der Waals surface area contributed by atoms with Crippen LogP contribution in [-0.2, 0) is 0 Å². The molecule has 1 unspecified atom stereocenters. The van der Waals surface area contributed by atoms with Crippen LogP contribution in [0.25, 0.3) is 0 Å². The summed E-state index contributed by atoms with van der Waals surface area (Å²) in [5.41, 5.74) is 5.63. The third-order valence-corrected chi connectivity index (χ3v) is 4.04. The Kier molecular flexibility index (Phi) is 6.22. The summed E-state index contributed by atoms with van der Waals surface area (Å²) in [5, 5.41) is 13.3. The van der Waals surface area contributed by atoms with Crippen molar-refractivity contribution >= 4 is 27.5 Å². The van der Waals surface area contributed by atoms with E-state index in [-0.39, 0.29) is 17.8 Å². The number of halogens is 2. The number of amides is 1. The van der Waals surface area contributed by atoms with Gasteiger partial charge in [0.1, 0.15) is 17.3 Å². The second kappa shape index (κ2) is 8.17. The largest absolute Gasteiger partial charge is 0.497 e. The van der Waals surface area contributed by atoms with Crippen LogP contribution in [0.5, 0.6) is 11.5 Å². The first-order valence-corrected chi connectivity index (χ1v) is 8.09. The van der Waals surface area contributed by atoms with Crippen molar-refractivity contribution in [2.75, 3.05) is 26.1 Å². The number of carbonyl (C=O) groups excluding carboxylic acids is 1. The molecule has 0 saturated heterocycles. The number of aliphatic hydroxyl groups is 1. The fraction of sp³-hybridized carbons (Fsp3) is 0.235. The Morgan fingerprint density at radius 3 is 2.64 bits per heavy atom. The molecule has 0 aliphatic rings. The van der Waals surface area contributed by atoms with E-state index in [1.54, 1.807) is 18.2 Å². The number of benzene rings is 2. The third kappa shape index (κ3) is 4.40. The highest BCUT2D eigenvalue weighted by Gasteiger charge is 2.18. The van der Waals surface area contributed by atoms with Gasteiger partial charge in [-0.3, -0.25) is 4.79 Å². The van der Waals surface area contributed by atoms with Crippen LogP contribution in [0, 0.1) is 5.82 Å². The summed E-state index contributed by atoms with van der Waals surface area (Å²) in [6.07, 6.45) is -0.993. The number of carbonyl (C=O) groups is 1. The molecule has 0 saturated carbocycles. The number of rotatable bonds is 7. The Morgan fingerprint density at radius 1 is 1.32 bits per heavy atom. The molecule has 0 aliphatic heterocycles. The number of methoxy groups -OCH3 is 2. The number of aliphatic hydroxyl groups excluding tert-OH is 1. The summed E-state index contributed by atoms with van der Waals surface area (Å²) < 4.78 is 24.8. The van der Waals surface area contributed by atoms with E-state index in [0.29, 0.717) is 21.5 Å². The first-order chi connectivity index (χ1) is 11.9. The van der Waals surface area contributed by atoms with Gasteiger partial charge in [0.05, 0.1) is 31.6 Å². The Balaban J connectivity index is 2.26. The van der Waals surface area contributed by atoms with E-state index in [0.717, 1.165) is 6.07 Å². The fourth-order valence-electron chi connectivity index (χ4n) is 2.38. The smallest absolute Gasteiger partial charge is 0.253 e. The van der Waals surface area contributed by atoms with Gasteiger partial charge >= 0.3 is 0 Å². The maximum Gasteiger partial charge on any atom is 0.253 e. The molecule has 0 bridgehead atoms. The molecular weight excluding hydrogens is 395 g/mol. The zero-order valence-electron chi connectivity index (χ0n) is 13.7. The Labute approximate surface area is 152 Å². The van der Waals surface area contributed by atoms with Crippen LogP contribution >= 0.6 is 15.9 Å². The average Bonchev–Trinajstić information content (AvgIpc) is 2.57. The summed E-state index contributed by atoms with van der Waals surface area (Å²) in [7, 11) is 3.00. The van der Waals surface area contributed by atoms with Crippen molar-refractivity contribution in [1.82, 2.24) is 0 Å². The number of ether oxygens (including phenoxy) is 2. The quantitative estimate of drug-likeness (QED) is 0.649. The summed E-state index contributed by atoms with van der Waals surface area (Å²) in [6, 6.07) is 7.68. The van der Waals surface area contributed by atoms with Crippen LogP contribution in [0.2, 0.25) is 0 Å². The van der Waals surface area contributed by atoms with Crippen molar-refractivity contribution in [1.29, 1.82) is 0 Å². The number of nitrogens with two attached hydrogens (primary N) is 1. The molecule has 4 N–H and O–H groups in total. The van der Waals surface area contributed by atoms with Crippen molar-refractivity contribution in [2.24, 2.45) is 5.73 Å². The van der Waals surface area contributed by atoms with Crippen LogP contribution < -0.4 is 20.5 Å². The van der Waals surface area contributed by atoms with Gasteiger partial charge in [-0.1, -0.05) is 15.9 Å². The molecule has 1 amide bonds. The number of hydrogen-bond donors (Lipinski definition) is 3. The molecular formula is C17H18BrFN2O4. The van der Waals surface area contributed by atoms with Crippen molar-refractivity contribution in [3.05, 3.63) is 51.7 Å². The molecule has 0 radical (unpaired) electrons. The highest BCUT2D eigenvalue weighted by molar-refractivity contribution is 9.10. The standard InChI is InChI=1S/C17H18BrFN2O4/c1-24-10-3-4-15(25-2)11(7-10)14(22)8-21-13-6-9(18)5-12(19)16(13)17(20)23/h3-7,14,21-22H,8H2,1-2H3,(H2,20,23). The predicted molar refractivity (Wildman–Crippen MR) is 95.6 cm³/mol. The molecule has 134 valence electrons. The van der Waals surface area contributed by atoms with E-state index >= 15 is 0 Å². The second-order valence-corrected chi connectivity index (χ2v) is 6.09. The molecule has 0 fully saturated rings. The van der Waals surface area contributed by atoms with Crippen molar-refractivity contribution in [3.8, 4) is 11.5 Å². The minimum Gasteiger partial charge on any atom is -0.497 e. The molecule has 25 heavy (non-hydrogen) atoms. The van der Waals surface area contributed by atoms with Crippen LogP contribution in [0.4, 0.5) is 10.1 Å². The van der Waals surface area contributed by atoms with Gasteiger partial charge in [0.2, 0.25) is 0 Å². The molecule has 0 aromatic heterocycles. The van der Waals surface area contributed by atoms with Crippen molar-refractivity contribution < 1.29 is 23.8 Å². The molecule has 2 aromatic carbocycles. The first-order valence-electron chi connectivity index (χ1n) is 7.30. The van der Waals surface area contributed by atoms with Crippen LogP contribution in [-0.4, -0.2) is 31.8 Å². The van der Waals surface area contributed by atoms with E-state index in [1.807, 2.05) is 0 Å².